The molecule has 0 saturated carbocycles. The highest BCUT2D eigenvalue weighted by Gasteiger charge is 2.29. The lowest BCUT2D eigenvalue weighted by Crippen LogP contribution is -2.35. The molecule has 3 heterocycles. The lowest BCUT2D eigenvalue weighted by Gasteiger charge is -2.24. The smallest absolute Gasteiger partial charge is 0.258 e. The number of fused-ring (bicyclic) bond motifs is 2. The van der Waals surface area contributed by atoms with Crippen molar-refractivity contribution in [3.05, 3.63) is 90.1 Å². The van der Waals surface area contributed by atoms with E-state index in [0.29, 0.717) is 52.5 Å². The van der Waals surface area contributed by atoms with E-state index in [1.165, 1.54) is 22.7 Å². The van der Waals surface area contributed by atoms with Gasteiger partial charge >= 0.3 is 0 Å². The molecule has 11 heteroatoms. The fourth-order valence-corrected chi connectivity index (χ4v) is 5.29. The van der Waals surface area contributed by atoms with E-state index in [0.717, 1.165) is 5.65 Å². The molecule has 0 aliphatic carbocycles. The SMILES string of the molecule is CN(C)CCN(c1ccc(NC(=C2C(=O)Nc3cc(F)ccc32)c2ccc3nccn3c2)cc1)S(C)(=O)=O. The highest BCUT2D eigenvalue weighted by atomic mass is 32.2. The molecule has 0 radical (unpaired) electrons. The number of aromatic nitrogens is 2. The standard InChI is InChI=1S/C27H27FN6O3S/c1-32(2)14-15-34(38(3,36)37)21-8-6-20(7-9-21)30-26(18-4-11-24-29-12-13-33(24)17-18)25-22-10-5-19(28)16-23(22)31-27(25)35/h4-13,16-17,30H,14-15H2,1-3H3,(H,31,35). The highest BCUT2D eigenvalue weighted by Crippen LogP contribution is 2.38. The number of nitrogens with one attached hydrogen (secondary N) is 2. The third-order valence-electron chi connectivity index (χ3n) is 6.23. The van der Waals surface area contributed by atoms with Crippen molar-refractivity contribution >= 4 is 49.9 Å². The summed E-state index contributed by atoms with van der Waals surface area (Å²) in [6, 6.07) is 14.8. The van der Waals surface area contributed by atoms with Gasteiger partial charge in [-0.1, -0.05) is 0 Å². The summed E-state index contributed by atoms with van der Waals surface area (Å²) < 4.78 is 41.9. The van der Waals surface area contributed by atoms with Crippen LogP contribution in [-0.2, 0) is 14.8 Å². The zero-order valence-corrected chi connectivity index (χ0v) is 22.0. The second kappa shape index (κ2) is 9.92. The molecule has 38 heavy (non-hydrogen) atoms. The summed E-state index contributed by atoms with van der Waals surface area (Å²) in [5.74, 6) is -0.803. The van der Waals surface area contributed by atoms with E-state index in [9.17, 15) is 17.6 Å². The zero-order valence-electron chi connectivity index (χ0n) is 21.1. The van der Waals surface area contributed by atoms with Crippen molar-refractivity contribution in [3.63, 3.8) is 0 Å². The number of sulfonamides is 1. The summed E-state index contributed by atoms with van der Waals surface area (Å²) in [7, 11) is 0.288. The largest absolute Gasteiger partial charge is 0.354 e. The van der Waals surface area contributed by atoms with Crippen LogP contribution in [0.4, 0.5) is 21.5 Å². The van der Waals surface area contributed by atoms with Gasteiger partial charge in [0.25, 0.3) is 5.91 Å². The zero-order chi connectivity index (χ0) is 27.0. The van der Waals surface area contributed by atoms with Gasteiger partial charge in [-0.25, -0.2) is 17.8 Å². The Hall–Kier alpha value is -4.22. The molecule has 0 atom stereocenters. The first-order valence-electron chi connectivity index (χ1n) is 11.9. The number of rotatable bonds is 8. The third-order valence-corrected chi connectivity index (χ3v) is 7.42. The van der Waals surface area contributed by atoms with Crippen LogP contribution in [0.1, 0.15) is 11.1 Å². The van der Waals surface area contributed by atoms with E-state index < -0.39 is 15.8 Å². The highest BCUT2D eigenvalue weighted by molar-refractivity contribution is 7.92. The number of anilines is 3. The number of pyridine rings is 1. The Kier molecular flexibility index (Phi) is 6.64. The number of benzene rings is 2. The molecular formula is C27H27FN6O3S. The van der Waals surface area contributed by atoms with Crippen molar-refractivity contribution in [3.8, 4) is 0 Å². The van der Waals surface area contributed by atoms with Gasteiger partial charge in [-0.2, -0.15) is 0 Å². The molecule has 5 rings (SSSR count). The molecule has 9 nitrogen and oxygen atoms in total. The average Bonchev–Trinajstić information content (AvgIpc) is 3.45. The number of amides is 1. The Morgan fingerprint density at radius 1 is 1.08 bits per heavy atom. The summed E-state index contributed by atoms with van der Waals surface area (Å²) in [5.41, 5.74) is 4.50. The van der Waals surface area contributed by atoms with Crippen molar-refractivity contribution < 1.29 is 17.6 Å². The average molecular weight is 535 g/mol. The van der Waals surface area contributed by atoms with Gasteiger partial charge in [0, 0.05) is 48.5 Å². The Morgan fingerprint density at radius 3 is 2.55 bits per heavy atom. The Morgan fingerprint density at radius 2 is 1.84 bits per heavy atom. The quantitative estimate of drug-likeness (QED) is 0.334. The molecule has 0 unspecified atom stereocenters. The Bertz CT molecular complexity index is 1660. The number of nitrogens with zero attached hydrogens (tertiary/aromatic N) is 4. The van der Waals surface area contributed by atoms with Crippen LogP contribution in [0, 0.1) is 5.82 Å². The molecule has 1 aliphatic rings. The second-order valence-corrected chi connectivity index (χ2v) is 11.2. The molecule has 0 fully saturated rings. The van der Waals surface area contributed by atoms with E-state index in [4.69, 9.17) is 0 Å². The lowest BCUT2D eigenvalue weighted by atomic mass is 10.0. The molecule has 2 N–H and O–H groups in total. The number of hydrogen-bond donors (Lipinski definition) is 2. The second-order valence-electron chi connectivity index (χ2n) is 9.31. The fraction of sp³-hybridized carbons (Fsp3) is 0.185. The third kappa shape index (κ3) is 5.11. The van der Waals surface area contributed by atoms with Crippen molar-refractivity contribution in [2.45, 2.75) is 0 Å². The Balaban J connectivity index is 1.56. The molecule has 0 spiro atoms. The van der Waals surface area contributed by atoms with Crippen LogP contribution in [0.5, 0.6) is 0 Å². The number of carbonyl (C=O) groups is 1. The molecule has 0 bridgehead atoms. The van der Waals surface area contributed by atoms with Gasteiger partial charge in [0.05, 0.1) is 28.9 Å². The minimum Gasteiger partial charge on any atom is -0.354 e. The van der Waals surface area contributed by atoms with Crippen LogP contribution in [0.15, 0.2) is 73.2 Å². The fourth-order valence-electron chi connectivity index (χ4n) is 4.37. The summed E-state index contributed by atoms with van der Waals surface area (Å²) >= 11 is 0. The monoisotopic (exact) mass is 534 g/mol. The van der Waals surface area contributed by atoms with Gasteiger partial charge in [-0.05, 0) is 68.7 Å². The first-order valence-corrected chi connectivity index (χ1v) is 13.7. The van der Waals surface area contributed by atoms with E-state index >= 15 is 0 Å². The van der Waals surface area contributed by atoms with Gasteiger partial charge < -0.3 is 19.9 Å². The van der Waals surface area contributed by atoms with Gasteiger partial charge in [0.2, 0.25) is 10.0 Å². The first kappa shape index (κ1) is 25.4. The van der Waals surface area contributed by atoms with E-state index in [1.54, 1.807) is 36.5 Å². The number of imidazole rings is 1. The molecule has 1 amide bonds. The number of carbonyl (C=O) groups excluding carboxylic acids is 1. The minimum absolute atomic E-state index is 0.312. The van der Waals surface area contributed by atoms with Crippen molar-refractivity contribution in [2.24, 2.45) is 0 Å². The van der Waals surface area contributed by atoms with Crippen molar-refractivity contribution in [2.75, 3.05) is 48.4 Å². The van der Waals surface area contributed by atoms with Gasteiger partial charge in [-0.15, -0.1) is 0 Å². The van der Waals surface area contributed by atoms with Crippen molar-refractivity contribution in [1.82, 2.24) is 14.3 Å². The Labute approximate surface area is 220 Å². The number of halogens is 1. The maximum absolute atomic E-state index is 13.9. The van der Waals surface area contributed by atoms with Crippen LogP contribution in [0.3, 0.4) is 0 Å². The van der Waals surface area contributed by atoms with Crippen LogP contribution >= 0.6 is 0 Å². The maximum Gasteiger partial charge on any atom is 0.258 e. The molecule has 0 saturated heterocycles. The van der Waals surface area contributed by atoms with Crippen LogP contribution in [0.2, 0.25) is 0 Å². The maximum atomic E-state index is 13.9. The van der Waals surface area contributed by atoms with Gasteiger partial charge in [0.15, 0.2) is 0 Å². The molecule has 2 aromatic carbocycles. The van der Waals surface area contributed by atoms with E-state index in [-0.39, 0.29) is 5.91 Å². The minimum atomic E-state index is -3.48. The first-order chi connectivity index (χ1) is 18.1. The van der Waals surface area contributed by atoms with Crippen molar-refractivity contribution in [1.29, 1.82) is 0 Å². The molecular weight excluding hydrogens is 507 g/mol. The van der Waals surface area contributed by atoms with Crippen LogP contribution in [0.25, 0.3) is 16.9 Å². The number of hydrogen-bond acceptors (Lipinski definition) is 6. The molecule has 2 aromatic heterocycles. The molecule has 196 valence electrons. The predicted molar refractivity (Wildman–Crippen MR) is 148 cm³/mol. The predicted octanol–water partition coefficient (Wildman–Crippen LogP) is 3.73. The lowest BCUT2D eigenvalue weighted by molar-refractivity contribution is -0.110. The topological polar surface area (TPSA) is 99.0 Å². The van der Waals surface area contributed by atoms with Crippen LogP contribution < -0.4 is 14.9 Å². The van der Waals surface area contributed by atoms with E-state index in [1.807, 2.05) is 47.9 Å². The summed E-state index contributed by atoms with van der Waals surface area (Å²) in [4.78, 5) is 19.3. The van der Waals surface area contributed by atoms with E-state index in [2.05, 4.69) is 15.6 Å². The normalized spacial score (nSPS) is 14.5. The number of likely N-dealkylation sites (N-methyl/N-ethyl adjacent to an activating group) is 1. The molecule has 1 aliphatic heterocycles. The van der Waals surface area contributed by atoms with Gasteiger partial charge in [-0.3, -0.25) is 9.10 Å². The van der Waals surface area contributed by atoms with Crippen LogP contribution in [-0.4, -0.2) is 62.1 Å². The van der Waals surface area contributed by atoms with Gasteiger partial charge in [0.1, 0.15) is 11.5 Å². The summed E-state index contributed by atoms with van der Waals surface area (Å²) in [6.45, 7) is 0.876. The molecule has 4 aromatic rings. The summed E-state index contributed by atoms with van der Waals surface area (Å²) in [5, 5.41) is 6.10. The summed E-state index contributed by atoms with van der Waals surface area (Å²) in [6.07, 6.45) is 6.53.